The van der Waals surface area contributed by atoms with Crippen molar-refractivity contribution in [2.75, 3.05) is 19.9 Å². The molecule has 0 aliphatic carbocycles. The number of rotatable bonds is 10. The van der Waals surface area contributed by atoms with Crippen LogP contribution in [0, 0.1) is 0 Å². The first-order valence-corrected chi connectivity index (χ1v) is 6.98. The average Bonchev–Trinajstić information content (AvgIpc) is 2.22. The summed E-state index contributed by atoms with van der Waals surface area (Å²) in [6.45, 7) is 4.34. The molecule has 5 nitrogen and oxygen atoms in total. The average molecular weight is 239 g/mol. The highest BCUT2D eigenvalue weighted by Gasteiger charge is 2.22. The van der Waals surface area contributed by atoms with Gasteiger partial charge in [0.05, 0.1) is 13.2 Å². The van der Waals surface area contributed by atoms with Crippen molar-refractivity contribution in [3.05, 3.63) is 0 Å². The molecule has 0 spiro atoms. The fraction of sp³-hybridized carbons (Fsp3) is 1.00. The largest absolute Gasteiger partial charge is 0.407 e. The van der Waals surface area contributed by atoms with Gasteiger partial charge in [-0.2, -0.15) is 5.09 Å². The van der Waals surface area contributed by atoms with Crippen LogP contribution in [-0.4, -0.2) is 25.1 Å². The molecule has 0 saturated carbocycles. The Labute approximate surface area is 91.7 Å². The Bertz CT molecular complexity index is 189. The van der Waals surface area contributed by atoms with E-state index in [0.29, 0.717) is 13.2 Å². The van der Waals surface area contributed by atoms with Crippen molar-refractivity contribution in [3.63, 3.8) is 0 Å². The lowest BCUT2D eigenvalue weighted by Crippen LogP contribution is -2.16. The van der Waals surface area contributed by atoms with E-state index in [1.165, 1.54) is 0 Å². The molecule has 0 aliphatic heterocycles. The minimum atomic E-state index is -3.28. The van der Waals surface area contributed by atoms with E-state index < -0.39 is 14.5 Å². The maximum Gasteiger partial charge on any atom is 0.407 e. The predicted molar refractivity (Wildman–Crippen MR) is 59.5 cm³/mol. The summed E-state index contributed by atoms with van der Waals surface area (Å²) in [7, 11) is -3.28. The van der Waals surface area contributed by atoms with Crippen LogP contribution in [-0.2, 0) is 13.6 Å². The Morgan fingerprint density at radius 2 is 1.80 bits per heavy atom. The normalized spacial score (nSPS) is 15.1. The number of aliphatic hydroxyl groups excluding tert-OH is 1. The molecule has 0 aromatic heterocycles. The zero-order valence-corrected chi connectivity index (χ0v) is 10.5. The van der Waals surface area contributed by atoms with Gasteiger partial charge < -0.3 is 5.11 Å². The van der Waals surface area contributed by atoms with E-state index in [-0.39, 0.29) is 0 Å². The molecule has 0 fully saturated rings. The van der Waals surface area contributed by atoms with E-state index in [1.54, 1.807) is 0 Å². The van der Waals surface area contributed by atoms with Crippen LogP contribution in [0.15, 0.2) is 0 Å². The summed E-state index contributed by atoms with van der Waals surface area (Å²) in [6, 6.07) is 0. The number of nitrogens with one attached hydrogen (secondary N) is 1. The molecular formula is C9H22NO4P. The SMILES string of the molecule is CCCCCOP(=O)(NCO)OCCC. The Morgan fingerprint density at radius 1 is 1.13 bits per heavy atom. The van der Waals surface area contributed by atoms with Gasteiger partial charge in [-0.3, -0.25) is 9.05 Å². The van der Waals surface area contributed by atoms with E-state index in [2.05, 4.69) is 12.0 Å². The number of hydrogen-bond donors (Lipinski definition) is 2. The van der Waals surface area contributed by atoms with Gasteiger partial charge in [0.1, 0.15) is 6.73 Å². The molecule has 0 aliphatic rings. The van der Waals surface area contributed by atoms with Crippen molar-refractivity contribution in [2.24, 2.45) is 0 Å². The molecule has 1 unspecified atom stereocenters. The van der Waals surface area contributed by atoms with Crippen LogP contribution in [0.4, 0.5) is 0 Å². The Balaban J connectivity index is 3.84. The number of unbranched alkanes of at least 4 members (excludes halogenated alkanes) is 2. The Hall–Kier alpha value is 0.0700. The van der Waals surface area contributed by atoms with Gasteiger partial charge in [-0.05, 0) is 12.8 Å². The molecule has 0 aromatic rings. The minimum Gasteiger partial charge on any atom is -0.381 e. The molecular weight excluding hydrogens is 217 g/mol. The zero-order chi connectivity index (χ0) is 11.6. The maximum absolute atomic E-state index is 11.8. The van der Waals surface area contributed by atoms with Crippen LogP contribution in [0.5, 0.6) is 0 Å². The van der Waals surface area contributed by atoms with Crippen LogP contribution in [0.3, 0.4) is 0 Å². The van der Waals surface area contributed by atoms with E-state index in [1.807, 2.05) is 6.92 Å². The van der Waals surface area contributed by atoms with Gasteiger partial charge in [0, 0.05) is 0 Å². The summed E-state index contributed by atoms with van der Waals surface area (Å²) in [5, 5.41) is 11.0. The van der Waals surface area contributed by atoms with Crippen LogP contribution in [0.2, 0.25) is 0 Å². The highest BCUT2D eigenvalue weighted by Crippen LogP contribution is 2.43. The maximum atomic E-state index is 11.8. The molecule has 0 rings (SSSR count). The fourth-order valence-corrected chi connectivity index (χ4v) is 2.19. The van der Waals surface area contributed by atoms with Crippen molar-refractivity contribution in [1.29, 1.82) is 0 Å². The van der Waals surface area contributed by atoms with Gasteiger partial charge in [-0.15, -0.1) is 0 Å². The summed E-state index contributed by atoms with van der Waals surface area (Å²) in [6.07, 6.45) is 3.72. The summed E-state index contributed by atoms with van der Waals surface area (Å²) >= 11 is 0. The molecule has 0 amide bonds. The van der Waals surface area contributed by atoms with E-state index in [0.717, 1.165) is 25.7 Å². The first-order chi connectivity index (χ1) is 7.18. The molecule has 0 bridgehead atoms. The number of hydrogen-bond acceptors (Lipinski definition) is 4. The predicted octanol–water partition coefficient (Wildman–Crippen LogP) is 2.27. The Kier molecular flexibility index (Phi) is 9.35. The summed E-state index contributed by atoms with van der Waals surface area (Å²) < 4.78 is 22.0. The minimum absolute atomic E-state index is 0.359. The molecule has 0 aromatic carbocycles. The van der Waals surface area contributed by atoms with Gasteiger partial charge in [-0.1, -0.05) is 26.7 Å². The van der Waals surface area contributed by atoms with Gasteiger partial charge in [0.25, 0.3) is 0 Å². The van der Waals surface area contributed by atoms with Gasteiger partial charge in [0.2, 0.25) is 0 Å². The van der Waals surface area contributed by atoms with Crippen LogP contribution < -0.4 is 5.09 Å². The van der Waals surface area contributed by atoms with E-state index in [9.17, 15) is 4.57 Å². The highest BCUT2D eigenvalue weighted by molar-refractivity contribution is 7.51. The lowest BCUT2D eigenvalue weighted by molar-refractivity contribution is 0.177. The molecule has 6 heteroatoms. The lowest BCUT2D eigenvalue weighted by atomic mass is 10.3. The van der Waals surface area contributed by atoms with Crippen LogP contribution in [0.25, 0.3) is 0 Å². The third-order valence-corrected chi connectivity index (χ3v) is 3.31. The van der Waals surface area contributed by atoms with Crippen LogP contribution in [0.1, 0.15) is 39.5 Å². The molecule has 1 atom stereocenters. The molecule has 92 valence electrons. The second kappa shape index (κ2) is 9.31. The van der Waals surface area contributed by atoms with Crippen molar-refractivity contribution in [1.82, 2.24) is 5.09 Å². The summed E-state index contributed by atoms with van der Waals surface area (Å²) in [5.74, 6) is 0. The van der Waals surface area contributed by atoms with Gasteiger partial charge >= 0.3 is 7.75 Å². The van der Waals surface area contributed by atoms with Crippen molar-refractivity contribution in [3.8, 4) is 0 Å². The van der Waals surface area contributed by atoms with Crippen molar-refractivity contribution in [2.45, 2.75) is 39.5 Å². The third kappa shape index (κ3) is 7.94. The van der Waals surface area contributed by atoms with E-state index in [4.69, 9.17) is 14.2 Å². The quantitative estimate of drug-likeness (QED) is 0.348. The molecule has 15 heavy (non-hydrogen) atoms. The second-order valence-electron chi connectivity index (χ2n) is 3.19. The fourth-order valence-electron chi connectivity index (χ4n) is 0.963. The van der Waals surface area contributed by atoms with Crippen LogP contribution >= 0.6 is 7.75 Å². The topological polar surface area (TPSA) is 67.8 Å². The van der Waals surface area contributed by atoms with Gasteiger partial charge in [0.15, 0.2) is 0 Å². The second-order valence-corrected chi connectivity index (χ2v) is 5.01. The monoisotopic (exact) mass is 239 g/mol. The molecule has 0 radical (unpaired) electrons. The lowest BCUT2D eigenvalue weighted by Gasteiger charge is -2.17. The highest BCUT2D eigenvalue weighted by atomic mass is 31.2. The van der Waals surface area contributed by atoms with E-state index >= 15 is 0 Å². The molecule has 0 heterocycles. The molecule has 0 saturated heterocycles. The summed E-state index contributed by atoms with van der Waals surface area (Å²) in [5.41, 5.74) is 0. The van der Waals surface area contributed by atoms with Gasteiger partial charge in [-0.25, -0.2) is 4.57 Å². The van der Waals surface area contributed by atoms with Crippen molar-refractivity contribution >= 4 is 7.75 Å². The first kappa shape index (κ1) is 15.1. The molecule has 2 N–H and O–H groups in total. The Morgan fingerprint density at radius 3 is 2.33 bits per heavy atom. The third-order valence-electron chi connectivity index (χ3n) is 1.74. The zero-order valence-electron chi connectivity index (χ0n) is 9.57. The smallest absolute Gasteiger partial charge is 0.381 e. The van der Waals surface area contributed by atoms with Crippen molar-refractivity contribution < 1.29 is 18.7 Å². The first-order valence-electron chi connectivity index (χ1n) is 5.43. The number of aliphatic hydroxyl groups is 1. The standard InChI is InChI=1S/C9H22NO4P/c1-3-5-6-8-14-15(12,10-9-11)13-7-4-2/h11H,3-9H2,1-2H3,(H,10,12). The summed E-state index contributed by atoms with van der Waals surface area (Å²) in [4.78, 5) is 0.